The molecule has 0 atom stereocenters. The van der Waals surface area contributed by atoms with Gasteiger partial charge in [-0.1, -0.05) is 54.5 Å². The van der Waals surface area contributed by atoms with Crippen LogP contribution in [-0.2, 0) is 0 Å². The van der Waals surface area contributed by atoms with Crippen LogP contribution >= 0.6 is 0 Å². The molecule has 0 saturated heterocycles. The summed E-state index contributed by atoms with van der Waals surface area (Å²) in [4.78, 5) is 0. The lowest BCUT2D eigenvalue weighted by molar-refractivity contribution is 0.463. The van der Waals surface area contributed by atoms with Gasteiger partial charge in [0.1, 0.15) is 0 Å². The SMILES string of the molecule is C=CC(C)(C)CC.CC.CC. The summed E-state index contributed by atoms with van der Waals surface area (Å²) in [5.41, 5.74) is 0.347. The number of allylic oxidation sites excluding steroid dienone is 1. The zero-order valence-electron chi connectivity index (χ0n) is 9.49. The summed E-state index contributed by atoms with van der Waals surface area (Å²) in [6.45, 7) is 18.2. The molecular weight excluding hydrogens is 132 g/mol. The van der Waals surface area contributed by atoms with Crippen molar-refractivity contribution in [1.29, 1.82) is 0 Å². The van der Waals surface area contributed by atoms with Crippen LogP contribution in [-0.4, -0.2) is 0 Å². The third-order valence-electron chi connectivity index (χ3n) is 1.46. The van der Waals surface area contributed by atoms with E-state index in [0.717, 1.165) is 0 Å². The van der Waals surface area contributed by atoms with Crippen LogP contribution in [0.25, 0.3) is 0 Å². The number of hydrogen-bond acceptors (Lipinski definition) is 0. The highest BCUT2D eigenvalue weighted by atomic mass is 14.1. The molecule has 0 unspecified atom stereocenters. The highest BCUT2D eigenvalue weighted by Crippen LogP contribution is 2.19. The van der Waals surface area contributed by atoms with Gasteiger partial charge in [0.15, 0.2) is 0 Å². The van der Waals surface area contributed by atoms with Gasteiger partial charge in [0.25, 0.3) is 0 Å². The first-order valence-corrected chi connectivity index (χ1v) is 4.76. The Morgan fingerprint density at radius 1 is 1.09 bits per heavy atom. The average molecular weight is 158 g/mol. The molecule has 0 amide bonds. The summed E-state index contributed by atoms with van der Waals surface area (Å²) >= 11 is 0. The van der Waals surface area contributed by atoms with Crippen LogP contribution in [0, 0.1) is 5.41 Å². The second-order valence-electron chi connectivity index (χ2n) is 2.55. The Morgan fingerprint density at radius 2 is 1.36 bits per heavy atom. The van der Waals surface area contributed by atoms with Gasteiger partial charge in [-0.25, -0.2) is 0 Å². The van der Waals surface area contributed by atoms with E-state index in [1.54, 1.807) is 0 Å². The molecule has 0 fully saturated rings. The molecule has 0 nitrogen and oxygen atoms in total. The fraction of sp³-hybridized carbons (Fsp3) is 0.818. The van der Waals surface area contributed by atoms with E-state index in [0.29, 0.717) is 5.41 Å². The van der Waals surface area contributed by atoms with Crippen LogP contribution in [0.3, 0.4) is 0 Å². The Hall–Kier alpha value is -0.260. The molecule has 70 valence electrons. The van der Waals surface area contributed by atoms with Crippen molar-refractivity contribution in [2.45, 2.75) is 54.9 Å². The Kier molecular flexibility index (Phi) is 19.2. The number of rotatable bonds is 2. The first-order chi connectivity index (χ1) is 5.12. The van der Waals surface area contributed by atoms with Crippen LogP contribution in [0.15, 0.2) is 12.7 Å². The summed E-state index contributed by atoms with van der Waals surface area (Å²) in [5.74, 6) is 0. The second kappa shape index (κ2) is 12.4. The predicted molar refractivity (Wildman–Crippen MR) is 57.0 cm³/mol. The molecule has 0 N–H and O–H groups in total. The lowest BCUT2D eigenvalue weighted by atomic mass is 9.91. The van der Waals surface area contributed by atoms with Crippen LogP contribution in [0.4, 0.5) is 0 Å². The lowest BCUT2D eigenvalue weighted by Crippen LogP contribution is -2.02. The van der Waals surface area contributed by atoms with E-state index in [1.807, 2.05) is 33.8 Å². The molecule has 11 heavy (non-hydrogen) atoms. The molecule has 0 aromatic carbocycles. The van der Waals surface area contributed by atoms with Crippen LogP contribution in [0.1, 0.15) is 54.9 Å². The molecule has 0 radical (unpaired) electrons. The van der Waals surface area contributed by atoms with Crippen molar-refractivity contribution >= 4 is 0 Å². The molecular formula is C11H26. The van der Waals surface area contributed by atoms with Crippen LogP contribution in [0.5, 0.6) is 0 Å². The van der Waals surface area contributed by atoms with Gasteiger partial charge >= 0.3 is 0 Å². The minimum absolute atomic E-state index is 0.347. The molecule has 0 aliphatic carbocycles. The maximum absolute atomic E-state index is 3.70. The quantitative estimate of drug-likeness (QED) is 0.513. The first kappa shape index (κ1) is 17.0. The smallest absolute Gasteiger partial charge is 0.0180 e. The van der Waals surface area contributed by atoms with E-state index in [4.69, 9.17) is 0 Å². The molecule has 0 saturated carbocycles. The van der Waals surface area contributed by atoms with Crippen molar-refractivity contribution in [1.82, 2.24) is 0 Å². The minimum Gasteiger partial charge on any atom is -0.103 e. The molecule has 0 spiro atoms. The van der Waals surface area contributed by atoms with E-state index in [1.165, 1.54) is 6.42 Å². The Labute approximate surface area is 73.7 Å². The minimum atomic E-state index is 0.347. The summed E-state index contributed by atoms with van der Waals surface area (Å²) < 4.78 is 0. The normalized spacial score (nSPS) is 8.27. The average Bonchev–Trinajstić information content (AvgIpc) is 2.12. The highest BCUT2D eigenvalue weighted by Gasteiger charge is 2.06. The van der Waals surface area contributed by atoms with Crippen molar-refractivity contribution in [3.63, 3.8) is 0 Å². The van der Waals surface area contributed by atoms with Crippen LogP contribution < -0.4 is 0 Å². The van der Waals surface area contributed by atoms with Gasteiger partial charge in [-0.05, 0) is 11.8 Å². The third kappa shape index (κ3) is 17.7. The van der Waals surface area contributed by atoms with Gasteiger partial charge in [0, 0.05) is 0 Å². The van der Waals surface area contributed by atoms with E-state index in [2.05, 4.69) is 27.4 Å². The molecule has 0 aliphatic heterocycles. The molecule has 0 bridgehead atoms. The number of hydrogen-bond donors (Lipinski definition) is 0. The maximum Gasteiger partial charge on any atom is -0.0180 e. The second-order valence-corrected chi connectivity index (χ2v) is 2.55. The van der Waals surface area contributed by atoms with E-state index in [9.17, 15) is 0 Å². The molecule has 0 aromatic rings. The standard InChI is InChI=1S/C7H14.2C2H6/c1-5-7(3,4)6-2;2*1-2/h5H,1,6H2,2-4H3;2*1-2H3. The van der Waals surface area contributed by atoms with Gasteiger partial charge in [-0.3, -0.25) is 0 Å². The maximum atomic E-state index is 3.70. The van der Waals surface area contributed by atoms with Gasteiger partial charge in [0.05, 0.1) is 0 Å². The monoisotopic (exact) mass is 158 g/mol. The highest BCUT2D eigenvalue weighted by molar-refractivity contribution is 4.85. The fourth-order valence-corrected chi connectivity index (χ4v) is 0.144. The zero-order chi connectivity index (χ0) is 9.91. The summed E-state index contributed by atoms with van der Waals surface area (Å²) in [6, 6.07) is 0. The van der Waals surface area contributed by atoms with Crippen molar-refractivity contribution < 1.29 is 0 Å². The summed E-state index contributed by atoms with van der Waals surface area (Å²) in [6.07, 6.45) is 3.17. The predicted octanol–water partition coefficient (Wildman–Crippen LogP) is 4.66. The topological polar surface area (TPSA) is 0 Å². The fourth-order valence-electron chi connectivity index (χ4n) is 0.144. The lowest BCUT2D eigenvalue weighted by Gasteiger charge is -2.14. The summed E-state index contributed by atoms with van der Waals surface area (Å²) in [5, 5.41) is 0. The van der Waals surface area contributed by atoms with Crippen molar-refractivity contribution in [2.75, 3.05) is 0 Å². The summed E-state index contributed by atoms with van der Waals surface area (Å²) in [7, 11) is 0. The van der Waals surface area contributed by atoms with Crippen molar-refractivity contribution in [2.24, 2.45) is 5.41 Å². The van der Waals surface area contributed by atoms with Gasteiger partial charge < -0.3 is 0 Å². The van der Waals surface area contributed by atoms with E-state index >= 15 is 0 Å². The first-order valence-electron chi connectivity index (χ1n) is 4.76. The van der Waals surface area contributed by atoms with E-state index < -0.39 is 0 Å². The molecule has 0 heterocycles. The Morgan fingerprint density at radius 3 is 1.36 bits per heavy atom. The van der Waals surface area contributed by atoms with Crippen molar-refractivity contribution in [3.8, 4) is 0 Å². The molecule has 0 heteroatoms. The molecule has 0 aliphatic rings. The Bertz CT molecular complexity index is 60.4. The van der Waals surface area contributed by atoms with Gasteiger partial charge in [-0.15, -0.1) is 6.58 Å². The van der Waals surface area contributed by atoms with Gasteiger partial charge in [-0.2, -0.15) is 0 Å². The zero-order valence-corrected chi connectivity index (χ0v) is 9.49. The largest absolute Gasteiger partial charge is 0.103 e. The molecule has 0 rings (SSSR count). The third-order valence-corrected chi connectivity index (χ3v) is 1.46. The van der Waals surface area contributed by atoms with Crippen molar-refractivity contribution in [3.05, 3.63) is 12.7 Å². The van der Waals surface area contributed by atoms with Gasteiger partial charge in [0.2, 0.25) is 0 Å². The van der Waals surface area contributed by atoms with E-state index in [-0.39, 0.29) is 0 Å². The molecule has 0 aromatic heterocycles. The van der Waals surface area contributed by atoms with Crippen LogP contribution in [0.2, 0.25) is 0 Å². The Balaban J connectivity index is -0.000000138.